The van der Waals surface area contributed by atoms with E-state index in [0.29, 0.717) is 23.8 Å². The van der Waals surface area contributed by atoms with Gasteiger partial charge >= 0.3 is 10.2 Å². The highest BCUT2D eigenvalue weighted by Gasteiger charge is 2.32. The smallest absolute Gasteiger partial charge is 0.301 e. The Morgan fingerprint density at radius 3 is 2.67 bits per heavy atom. The highest BCUT2D eigenvalue weighted by molar-refractivity contribution is 7.90. The van der Waals surface area contributed by atoms with Crippen LogP contribution in [0.25, 0.3) is 22.2 Å². The summed E-state index contributed by atoms with van der Waals surface area (Å²) in [7, 11) is -2.85. The molecule has 39 heavy (non-hydrogen) atoms. The number of piperidine rings is 1. The Balaban J connectivity index is 1.42. The second kappa shape index (κ2) is 11.1. The van der Waals surface area contributed by atoms with Crippen molar-refractivity contribution in [1.29, 1.82) is 0 Å². The van der Waals surface area contributed by atoms with Crippen LogP contribution in [0.3, 0.4) is 0 Å². The number of pyridine rings is 1. The maximum absolute atomic E-state index is 15.5. The minimum Gasteiger partial charge on any atom is -0.354 e. The zero-order valence-corrected chi connectivity index (χ0v) is 22.2. The summed E-state index contributed by atoms with van der Waals surface area (Å²) in [5.74, 6) is -1.35. The zero-order valence-electron chi connectivity index (χ0n) is 21.4. The van der Waals surface area contributed by atoms with Crippen LogP contribution in [0.5, 0.6) is 0 Å². The molecular formula is C25H30F3N7O3S. The van der Waals surface area contributed by atoms with Crippen molar-refractivity contribution in [3.63, 3.8) is 0 Å². The summed E-state index contributed by atoms with van der Waals surface area (Å²) in [4.78, 5) is 21.9. The molecule has 2 aromatic heterocycles. The van der Waals surface area contributed by atoms with Crippen LogP contribution in [0.1, 0.15) is 25.7 Å². The first kappa shape index (κ1) is 27.3. The number of aryl methyl sites for hydroxylation is 1. The fraction of sp³-hybridized carbons (Fsp3) is 0.480. The molecule has 1 atom stereocenters. The number of hydrogen-bond acceptors (Lipinski definition) is 7. The van der Waals surface area contributed by atoms with Gasteiger partial charge < -0.3 is 10.6 Å². The molecule has 0 bridgehead atoms. The van der Waals surface area contributed by atoms with Gasteiger partial charge in [0.05, 0.1) is 16.8 Å². The van der Waals surface area contributed by atoms with E-state index in [-0.39, 0.29) is 30.7 Å². The lowest BCUT2D eigenvalue weighted by molar-refractivity contribution is 0.343. The van der Waals surface area contributed by atoms with Crippen molar-refractivity contribution >= 4 is 32.9 Å². The molecule has 1 aromatic carbocycles. The van der Waals surface area contributed by atoms with E-state index in [2.05, 4.69) is 25.3 Å². The van der Waals surface area contributed by atoms with Crippen molar-refractivity contribution in [2.45, 2.75) is 31.9 Å². The molecule has 0 saturated carbocycles. The van der Waals surface area contributed by atoms with Crippen LogP contribution >= 0.6 is 0 Å². The molecule has 3 aromatic rings. The van der Waals surface area contributed by atoms with Gasteiger partial charge in [-0.25, -0.2) is 18.2 Å². The van der Waals surface area contributed by atoms with Gasteiger partial charge in [0.1, 0.15) is 17.6 Å². The molecule has 3 N–H and O–H groups in total. The molecule has 0 spiro atoms. The number of alkyl halides is 1. The quantitative estimate of drug-likeness (QED) is 0.384. The lowest BCUT2D eigenvalue weighted by atomic mass is 9.95. The Morgan fingerprint density at radius 2 is 1.95 bits per heavy atom. The normalized spacial score (nSPS) is 19.0. The van der Waals surface area contributed by atoms with E-state index < -0.39 is 44.8 Å². The molecule has 4 heterocycles. The van der Waals surface area contributed by atoms with E-state index in [1.807, 2.05) is 0 Å². The maximum atomic E-state index is 15.5. The first-order valence-corrected chi connectivity index (χ1v) is 14.3. The van der Waals surface area contributed by atoms with Crippen molar-refractivity contribution < 1.29 is 21.6 Å². The molecule has 5 rings (SSSR count). The van der Waals surface area contributed by atoms with Crippen LogP contribution in [0, 0.1) is 17.6 Å². The summed E-state index contributed by atoms with van der Waals surface area (Å²) in [6.07, 6.45) is 3.37. The minimum absolute atomic E-state index is 0.0305. The van der Waals surface area contributed by atoms with Crippen molar-refractivity contribution in [2.75, 3.05) is 42.8 Å². The summed E-state index contributed by atoms with van der Waals surface area (Å²) < 4.78 is 73.3. The Kier molecular flexibility index (Phi) is 7.78. The van der Waals surface area contributed by atoms with Gasteiger partial charge in [0, 0.05) is 38.3 Å². The van der Waals surface area contributed by atoms with Gasteiger partial charge in [-0.1, -0.05) is 0 Å². The molecule has 210 valence electrons. The largest absolute Gasteiger partial charge is 0.354 e. The van der Waals surface area contributed by atoms with Gasteiger partial charge in [0.2, 0.25) is 5.95 Å². The number of aromatic nitrogens is 3. The summed E-state index contributed by atoms with van der Waals surface area (Å²) in [6.45, 7) is 2.27. The fourth-order valence-electron chi connectivity index (χ4n) is 5.06. The van der Waals surface area contributed by atoms with Crippen LogP contribution in [0.15, 0.2) is 29.2 Å². The summed E-state index contributed by atoms with van der Waals surface area (Å²) in [6, 6.07) is 3.07. The van der Waals surface area contributed by atoms with Crippen LogP contribution < -0.4 is 20.9 Å². The van der Waals surface area contributed by atoms with Crippen molar-refractivity contribution in [2.24, 2.45) is 13.0 Å². The van der Waals surface area contributed by atoms with Crippen LogP contribution in [0.4, 0.5) is 24.8 Å². The Morgan fingerprint density at radius 1 is 1.18 bits per heavy atom. The molecule has 0 radical (unpaired) electrons. The molecule has 0 unspecified atom stereocenters. The van der Waals surface area contributed by atoms with E-state index in [4.69, 9.17) is 0 Å². The summed E-state index contributed by atoms with van der Waals surface area (Å²) in [5, 5.41) is 6.88. The Labute approximate surface area is 223 Å². The molecule has 14 heteroatoms. The number of nitrogens with one attached hydrogen (secondary N) is 3. The highest BCUT2D eigenvalue weighted by atomic mass is 32.2. The van der Waals surface area contributed by atoms with Gasteiger partial charge in [-0.05, 0) is 62.9 Å². The van der Waals surface area contributed by atoms with Gasteiger partial charge in [-0.15, -0.1) is 0 Å². The number of hydrogen-bond donors (Lipinski definition) is 3. The number of halogens is 3. The molecular weight excluding hydrogens is 535 g/mol. The third kappa shape index (κ3) is 5.72. The molecule has 2 fully saturated rings. The van der Waals surface area contributed by atoms with E-state index in [1.165, 1.54) is 23.9 Å². The molecule has 2 aliphatic rings. The number of rotatable bonds is 8. The van der Waals surface area contributed by atoms with Gasteiger partial charge in [0.25, 0.3) is 5.56 Å². The molecule has 2 saturated heterocycles. The predicted octanol–water partition coefficient (Wildman–Crippen LogP) is 2.78. The average molecular weight is 566 g/mol. The van der Waals surface area contributed by atoms with E-state index in [1.54, 1.807) is 0 Å². The lowest BCUT2D eigenvalue weighted by Crippen LogP contribution is -2.34. The first-order chi connectivity index (χ1) is 18.6. The monoisotopic (exact) mass is 565 g/mol. The molecule has 10 nitrogen and oxygen atoms in total. The minimum atomic E-state index is -4.29. The van der Waals surface area contributed by atoms with E-state index >= 15 is 4.39 Å². The summed E-state index contributed by atoms with van der Waals surface area (Å²) >= 11 is 0. The lowest BCUT2D eigenvalue weighted by Gasteiger charge is -2.22. The number of fused-ring (bicyclic) bond motifs is 1. The van der Waals surface area contributed by atoms with Crippen molar-refractivity contribution in [3.8, 4) is 11.1 Å². The zero-order chi connectivity index (χ0) is 27.7. The second-order valence-electron chi connectivity index (χ2n) is 9.94. The van der Waals surface area contributed by atoms with Crippen molar-refractivity contribution in [1.82, 2.24) is 24.2 Å². The topological polar surface area (TPSA) is 121 Å². The first-order valence-electron chi connectivity index (χ1n) is 12.9. The average Bonchev–Trinajstić information content (AvgIpc) is 3.37. The van der Waals surface area contributed by atoms with Crippen LogP contribution in [0.2, 0.25) is 0 Å². The Bertz CT molecular complexity index is 1540. The third-order valence-corrected chi connectivity index (χ3v) is 8.77. The predicted molar refractivity (Wildman–Crippen MR) is 142 cm³/mol. The van der Waals surface area contributed by atoms with Gasteiger partial charge in [-0.3, -0.25) is 14.1 Å². The van der Waals surface area contributed by atoms with Crippen LogP contribution in [-0.2, 0) is 17.3 Å². The SMILES string of the molecule is Cn1c(=O)c(-c2c(F)ccc(NS(=O)(=O)N3CC[C@@H](F)C3)c2F)cc2cnc(NCCC3CCNCC3)nc21. The van der Waals surface area contributed by atoms with Gasteiger partial charge in [0.15, 0.2) is 5.82 Å². The highest BCUT2D eigenvalue weighted by Crippen LogP contribution is 2.31. The maximum Gasteiger partial charge on any atom is 0.301 e. The van der Waals surface area contributed by atoms with Gasteiger partial charge in [-0.2, -0.15) is 17.7 Å². The third-order valence-electron chi connectivity index (χ3n) is 7.28. The van der Waals surface area contributed by atoms with Crippen LogP contribution in [-0.4, -0.2) is 66.2 Å². The second-order valence-corrected chi connectivity index (χ2v) is 11.6. The van der Waals surface area contributed by atoms with Crippen molar-refractivity contribution in [3.05, 3.63) is 46.4 Å². The molecule has 0 aliphatic carbocycles. The van der Waals surface area contributed by atoms with E-state index in [0.717, 1.165) is 48.8 Å². The number of benzene rings is 1. The Hall–Kier alpha value is -3.23. The summed E-state index contributed by atoms with van der Waals surface area (Å²) in [5.41, 5.74) is -2.01. The molecule has 0 amide bonds. The molecule has 2 aliphatic heterocycles. The number of nitrogens with zero attached hydrogens (tertiary/aromatic N) is 4. The fourth-order valence-corrected chi connectivity index (χ4v) is 6.33. The standard InChI is InChI=1S/C25H30F3N7O3S/c1-34-23-16(13-31-25(32-23)30-10-6-15-4-8-29-9-5-15)12-18(24(34)36)21-19(27)2-3-20(22(21)28)33-39(37,38)35-11-7-17(26)14-35/h2-3,12-13,15,17,29,33H,4-11,14H2,1H3,(H,30,31,32)/t17-/m1/s1. The number of anilines is 2. The van der Waals surface area contributed by atoms with E-state index in [9.17, 15) is 22.0 Å².